The quantitative estimate of drug-likeness (QED) is 0.161. The Labute approximate surface area is 160 Å². The minimum absolute atomic E-state index is 0.324. The van der Waals surface area contributed by atoms with Gasteiger partial charge in [-0.3, -0.25) is 4.79 Å². The van der Waals surface area contributed by atoms with E-state index < -0.39 is 11.9 Å². The molecule has 0 aromatic heterocycles. The number of carbonyl (C=O) groups excluding carboxylic acids is 1. The summed E-state index contributed by atoms with van der Waals surface area (Å²) in [4.78, 5) is 20.2. The maximum Gasteiger partial charge on any atom is 0.329 e. The van der Waals surface area contributed by atoms with E-state index in [4.69, 9.17) is 5.11 Å². The molecule has 150 valence electrons. The molecular formula is C22H38O4. The van der Waals surface area contributed by atoms with Gasteiger partial charge in [-0.25, -0.2) is 4.79 Å². The number of carboxylic acid groups (broad SMARTS) is 1. The molecule has 0 aromatic carbocycles. The van der Waals surface area contributed by atoms with E-state index in [1.165, 1.54) is 52.1 Å². The Balaban J connectivity index is 0. The van der Waals surface area contributed by atoms with Crippen LogP contribution in [-0.2, 0) is 14.3 Å². The van der Waals surface area contributed by atoms with E-state index in [9.17, 15) is 9.59 Å². The molecule has 0 unspecified atom stereocenters. The molecule has 0 amide bonds. The Bertz CT molecular complexity index is 397. The van der Waals surface area contributed by atoms with Crippen molar-refractivity contribution in [2.75, 3.05) is 7.11 Å². The number of esters is 1. The van der Waals surface area contributed by atoms with Crippen molar-refractivity contribution in [3.63, 3.8) is 0 Å². The second kappa shape index (κ2) is 23.2. The first-order valence-electron chi connectivity index (χ1n) is 9.80. The molecule has 0 saturated carbocycles. The van der Waals surface area contributed by atoms with Crippen LogP contribution in [0.1, 0.15) is 84.0 Å². The van der Waals surface area contributed by atoms with Crippen molar-refractivity contribution in [3.05, 3.63) is 37.0 Å². The SMILES string of the molecule is C=CC(=O)OC.CCCCC/C=C\C/C=C\CCCCCCCC(=O)O. The van der Waals surface area contributed by atoms with Crippen LogP contribution in [0.3, 0.4) is 0 Å². The molecule has 0 heterocycles. The summed E-state index contributed by atoms with van der Waals surface area (Å²) in [5, 5.41) is 8.50. The van der Waals surface area contributed by atoms with Crippen LogP contribution in [0, 0.1) is 0 Å². The molecule has 0 rings (SSSR count). The van der Waals surface area contributed by atoms with Crippen molar-refractivity contribution in [2.24, 2.45) is 0 Å². The van der Waals surface area contributed by atoms with E-state index in [0.29, 0.717) is 6.42 Å². The number of hydrogen-bond acceptors (Lipinski definition) is 3. The van der Waals surface area contributed by atoms with Crippen molar-refractivity contribution >= 4 is 11.9 Å². The predicted molar refractivity (Wildman–Crippen MR) is 109 cm³/mol. The molecule has 0 aliphatic heterocycles. The van der Waals surface area contributed by atoms with Gasteiger partial charge >= 0.3 is 11.9 Å². The fourth-order valence-corrected chi connectivity index (χ4v) is 2.17. The fraction of sp³-hybridized carbons (Fsp3) is 0.636. The Morgan fingerprint density at radius 2 is 1.42 bits per heavy atom. The molecule has 4 heteroatoms. The maximum absolute atomic E-state index is 10.3. The minimum Gasteiger partial charge on any atom is -0.481 e. The highest BCUT2D eigenvalue weighted by molar-refractivity contribution is 5.80. The molecule has 26 heavy (non-hydrogen) atoms. The van der Waals surface area contributed by atoms with Crippen LogP contribution in [0.4, 0.5) is 0 Å². The molecule has 0 spiro atoms. The average Bonchev–Trinajstić information content (AvgIpc) is 2.64. The lowest BCUT2D eigenvalue weighted by molar-refractivity contribution is -0.137. The van der Waals surface area contributed by atoms with Crippen molar-refractivity contribution < 1.29 is 19.4 Å². The van der Waals surface area contributed by atoms with Crippen LogP contribution >= 0.6 is 0 Å². The zero-order valence-corrected chi connectivity index (χ0v) is 16.8. The number of aliphatic carboxylic acids is 1. The molecule has 0 radical (unpaired) electrons. The first-order valence-corrected chi connectivity index (χ1v) is 9.80. The number of methoxy groups -OCH3 is 1. The molecule has 0 aromatic rings. The van der Waals surface area contributed by atoms with E-state index in [2.05, 4.69) is 42.5 Å². The Morgan fingerprint density at radius 3 is 1.88 bits per heavy atom. The van der Waals surface area contributed by atoms with Crippen molar-refractivity contribution in [2.45, 2.75) is 84.0 Å². The summed E-state index contributed by atoms with van der Waals surface area (Å²) in [6.45, 7) is 5.39. The monoisotopic (exact) mass is 366 g/mol. The predicted octanol–water partition coefficient (Wildman–Crippen LogP) is 6.23. The first kappa shape index (κ1) is 26.4. The summed E-state index contributed by atoms with van der Waals surface area (Å²) in [5.74, 6) is -1.06. The van der Waals surface area contributed by atoms with Gasteiger partial charge in [-0.15, -0.1) is 0 Å². The number of unbranched alkanes of at least 4 members (excludes halogenated alkanes) is 8. The summed E-state index contributed by atoms with van der Waals surface area (Å²) >= 11 is 0. The van der Waals surface area contributed by atoms with Crippen molar-refractivity contribution in [3.8, 4) is 0 Å². The number of carboxylic acids is 1. The second-order valence-corrected chi connectivity index (χ2v) is 6.10. The van der Waals surface area contributed by atoms with Crippen LogP contribution in [0.25, 0.3) is 0 Å². The smallest absolute Gasteiger partial charge is 0.329 e. The van der Waals surface area contributed by atoms with E-state index in [1.807, 2.05) is 0 Å². The lowest BCUT2D eigenvalue weighted by Gasteiger charge is -1.98. The van der Waals surface area contributed by atoms with Gasteiger partial charge in [-0.1, -0.05) is 69.9 Å². The van der Waals surface area contributed by atoms with E-state index in [0.717, 1.165) is 31.8 Å². The zero-order chi connectivity index (χ0) is 19.9. The Morgan fingerprint density at radius 1 is 0.885 bits per heavy atom. The number of carbonyl (C=O) groups is 2. The molecule has 0 aliphatic rings. The van der Waals surface area contributed by atoms with Crippen molar-refractivity contribution in [1.29, 1.82) is 0 Å². The van der Waals surface area contributed by atoms with Gasteiger partial charge in [-0.05, 0) is 38.5 Å². The fourth-order valence-electron chi connectivity index (χ4n) is 2.17. The van der Waals surface area contributed by atoms with Crippen LogP contribution in [-0.4, -0.2) is 24.2 Å². The Hall–Kier alpha value is -1.84. The van der Waals surface area contributed by atoms with Gasteiger partial charge in [0.1, 0.15) is 0 Å². The maximum atomic E-state index is 10.3. The normalized spacial score (nSPS) is 10.5. The zero-order valence-electron chi connectivity index (χ0n) is 16.8. The standard InChI is InChI=1S/C18H32O2.C4H6O2/c1-2-3-4-5-6-7-8-9-10-11-12-13-14-15-16-17-18(19)20;1-3-4(5)6-2/h6-7,9-10H,2-5,8,11-17H2,1H3,(H,19,20);3H,1H2,2H3/b7-6-,10-9-;. The molecule has 0 saturated heterocycles. The van der Waals surface area contributed by atoms with Gasteiger partial charge in [0.2, 0.25) is 0 Å². The van der Waals surface area contributed by atoms with Gasteiger partial charge in [0, 0.05) is 12.5 Å². The third-order valence-corrected chi connectivity index (χ3v) is 3.71. The third-order valence-electron chi connectivity index (χ3n) is 3.71. The lowest BCUT2D eigenvalue weighted by Crippen LogP contribution is -1.93. The number of allylic oxidation sites excluding steroid dienone is 4. The summed E-state index contributed by atoms with van der Waals surface area (Å²) in [7, 11) is 1.31. The molecule has 0 atom stereocenters. The second-order valence-electron chi connectivity index (χ2n) is 6.10. The highest BCUT2D eigenvalue weighted by atomic mass is 16.5. The molecule has 1 N–H and O–H groups in total. The largest absolute Gasteiger partial charge is 0.481 e. The van der Waals surface area contributed by atoms with E-state index >= 15 is 0 Å². The van der Waals surface area contributed by atoms with E-state index in [-0.39, 0.29) is 0 Å². The number of ether oxygens (including phenoxy) is 1. The van der Waals surface area contributed by atoms with Crippen LogP contribution in [0.15, 0.2) is 37.0 Å². The highest BCUT2D eigenvalue weighted by Gasteiger charge is 1.95. The van der Waals surface area contributed by atoms with Gasteiger partial charge in [0.15, 0.2) is 0 Å². The highest BCUT2D eigenvalue weighted by Crippen LogP contribution is 2.08. The summed E-state index contributed by atoms with van der Waals surface area (Å²) in [5.41, 5.74) is 0. The number of rotatable bonds is 15. The third kappa shape index (κ3) is 27.0. The topological polar surface area (TPSA) is 63.6 Å². The number of hydrogen-bond donors (Lipinski definition) is 1. The summed E-state index contributed by atoms with van der Waals surface area (Å²) in [6, 6.07) is 0. The first-order chi connectivity index (χ1) is 12.6. The van der Waals surface area contributed by atoms with Crippen LogP contribution in [0.2, 0.25) is 0 Å². The molecular weight excluding hydrogens is 328 g/mol. The minimum atomic E-state index is -0.671. The van der Waals surface area contributed by atoms with Gasteiger partial charge in [0.25, 0.3) is 0 Å². The summed E-state index contributed by atoms with van der Waals surface area (Å²) in [6.07, 6.45) is 23.4. The lowest BCUT2D eigenvalue weighted by atomic mass is 10.1. The Kier molecular flexibility index (Phi) is 23.5. The van der Waals surface area contributed by atoms with Gasteiger partial charge in [-0.2, -0.15) is 0 Å². The van der Waals surface area contributed by atoms with Gasteiger partial charge < -0.3 is 9.84 Å². The molecule has 0 bridgehead atoms. The average molecular weight is 367 g/mol. The van der Waals surface area contributed by atoms with Crippen LogP contribution in [0.5, 0.6) is 0 Å². The molecule has 0 fully saturated rings. The molecule has 0 aliphatic carbocycles. The van der Waals surface area contributed by atoms with E-state index in [1.54, 1.807) is 0 Å². The van der Waals surface area contributed by atoms with Crippen LogP contribution < -0.4 is 0 Å². The summed E-state index contributed by atoms with van der Waals surface area (Å²) < 4.78 is 4.14. The molecule has 4 nitrogen and oxygen atoms in total. The van der Waals surface area contributed by atoms with Gasteiger partial charge in [0.05, 0.1) is 7.11 Å². The van der Waals surface area contributed by atoms with Crippen molar-refractivity contribution in [1.82, 2.24) is 0 Å².